The Morgan fingerprint density at radius 1 is 1.22 bits per heavy atom. The minimum Gasteiger partial charge on any atom is -0.373 e. The van der Waals surface area contributed by atoms with E-state index >= 15 is 0 Å². The molecule has 0 amide bonds. The van der Waals surface area contributed by atoms with Crippen molar-refractivity contribution < 1.29 is 13.2 Å². The highest BCUT2D eigenvalue weighted by Gasteiger charge is 2.30. The molecule has 150 valence electrons. The normalized spacial score (nSPS) is 24.6. The van der Waals surface area contributed by atoms with E-state index in [1.165, 1.54) is 11.1 Å². The van der Waals surface area contributed by atoms with Crippen molar-refractivity contribution in [2.45, 2.75) is 39.0 Å². The molecule has 0 saturated carbocycles. The summed E-state index contributed by atoms with van der Waals surface area (Å²) in [6, 6.07) is 8.43. The van der Waals surface area contributed by atoms with E-state index in [-0.39, 0.29) is 18.0 Å². The third-order valence-corrected chi connectivity index (χ3v) is 6.87. The number of hydrogen-bond acceptors (Lipinski definition) is 4. The molecule has 2 unspecified atom stereocenters. The minimum absolute atomic E-state index is 0.0515. The summed E-state index contributed by atoms with van der Waals surface area (Å²) in [6.45, 7) is 6.67. The molecule has 2 atom stereocenters. The lowest BCUT2D eigenvalue weighted by molar-refractivity contribution is -0.0440. The van der Waals surface area contributed by atoms with E-state index in [0.717, 1.165) is 25.5 Å². The number of ether oxygens (including phenoxy) is 1. The maximum absolute atomic E-state index is 12.7. The van der Waals surface area contributed by atoms with Crippen molar-refractivity contribution in [3.05, 3.63) is 35.4 Å². The summed E-state index contributed by atoms with van der Waals surface area (Å²) >= 11 is 0. The van der Waals surface area contributed by atoms with Crippen LogP contribution >= 0.6 is 0 Å². The number of rotatable bonds is 4. The molecule has 2 aliphatic rings. The molecule has 27 heavy (non-hydrogen) atoms. The third kappa shape index (κ3) is 5.00. The summed E-state index contributed by atoms with van der Waals surface area (Å²) < 4.78 is 32.5. The first-order chi connectivity index (χ1) is 12.9. The molecular formula is C19H30N4O3S. The molecule has 1 aromatic carbocycles. The number of morpholine rings is 1. The molecule has 1 fully saturated rings. The summed E-state index contributed by atoms with van der Waals surface area (Å²) in [5.74, 6) is 0.805. The van der Waals surface area contributed by atoms with Crippen molar-refractivity contribution in [3.63, 3.8) is 0 Å². The van der Waals surface area contributed by atoms with Crippen LogP contribution in [-0.4, -0.2) is 74.8 Å². The van der Waals surface area contributed by atoms with Crippen LogP contribution in [0.15, 0.2) is 29.3 Å². The number of hydrogen-bond donors (Lipinski definition) is 1. The summed E-state index contributed by atoms with van der Waals surface area (Å²) in [6.07, 6.45) is 0.828. The standard InChI is InChI=1S/C19H30N4O3S/c1-15-12-23(13-16(2)26-15)27(24,25)11-9-21-19(20-3)22-10-8-17-6-4-5-7-18(17)14-22/h4-7,15-16H,8-14H2,1-3H3,(H,20,21). The first kappa shape index (κ1) is 20.1. The zero-order valence-electron chi connectivity index (χ0n) is 16.4. The summed E-state index contributed by atoms with van der Waals surface area (Å²) in [4.78, 5) is 6.52. The number of nitrogens with zero attached hydrogens (tertiary/aromatic N) is 3. The van der Waals surface area contributed by atoms with Crippen molar-refractivity contribution in [2.24, 2.45) is 4.99 Å². The molecule has 1 aromatic rings. The Balaban J connectivity index is 1.54. The molecule has 3 rings (SSSR count). The van der Waals surface area contributed by atoms with Gasteiger partial charge in [-0.05, 0) is 31.4 Å². The van der Waals surface area contributed by atoms with Crippen LogP contribution in [0.1, 0.15) is 25.0 Å². The van der Waals surface area contributed by atoms with Crippen molar-refractivity contribution in [2.75, 3.05) is 39.0 Å². The molecule has 8 heteroatoms. The largest absolute Gasteiger partial charge is 0.373 e. The van der Waals surface area contributed by atoms with Crippen molar-refractivity contribution >= 4 is 16.0 Å². The molecule has 7 nitrogen and oxygen atoms in total. The Kier molecular flexibility index (Phi) is 6.39. The van der Waals surface area contributed by atoms with E-state index in [1.807, 2.05) is 13.8 Å². The molecular weight excluding hydrogens is 364 g/mol. The Bertz CT molecular complexity index is 771. The summed E-state index contributed by atoms with van der Waals surface area (Å²) in [7, 11) is -1.58. The van der Waals surface area contributed by atoms with Crippen LogP contribution in [0.25, 0.3) is 0 Å². The van der Waals surface area contributed by atoms with Crippen LogP contribution in [0.3, 0.4) is 0 Å². The summed E-state index contributed by atoms with van der Waals surface area (Å²) in [5.41, 5.74) is 2.68. The van der Waals surface area contributed by atoms with Gasteiger partial charge >= 0.3 is 0 Å². The van der Waals surface area contributed by atoms with Gasteiger partial charge in [-0.1, -0.05) is 24.3 Å². The fourth-order valence-corrected chi connectivity index (χ4v) is 5.28. The first-order valence-electron chi connectivity index (χ1n) is 9.54. The van der Waals surface area contributed by atoms with Crippen LogP contribution in [0.4, 0.5) is 0 Å². The number of aliphatic imine (C=N–C) groups is 1. The van der Waals surface area contributed by atoms with Crippen LogP contribution in [-0.2, 0) is 27.7 Å². The lowest BCUT2D eigenvalue weighted by Crippen LogP contribution is -2.50. The Morgan fingerprint density at radius 2 is 1.89 bits per heavy atom. The molecule has 1 N–H and O–H groups in total. The average Bonchev–Trinajstić information content (AvgIpc) is 2.64. The lowest BCUT2D eigenvalue weighted by Gasteiger charge is -2.34. The monoisotopic (exact) mass is 394 g/mol. The van der Waals surface area contributed by atoms with Gasteiger partial charge in [0.1, 0.15) is 0 Å². The second-order valence-corrected chi connectivity index (χ2v) is 9.39. The van der Waals surface area contributed by atoms with Crippen LogP contribution in [0, 0.1) is 0 Å². The topological polar surface area (TPSA) is 74.2 Å². The van der Waals surface area contributed by atoms with E-state index in [4.69, 9.17) is 4.74 Å². The quantitative estimate of drug-likeness (QED) is 0.611. The second-order valence-electron chi connectivity index (χ2n) is 7.30. The number of guanidine groups is 1. The Morgan fingerprint density at radius 3 is 2.56 bits per heavy atom. The third-order valence-electron chi connectivity index (χ3n) is 5.06. The maximum Gasteiger partial charge on any atom is 0.216 e. The van der Waals surface area contributed by atoms with Crippen LogP contribution < -0.4 is 5.32 Å². The highest BCUT2D eigenvalue weighted by Crippen LogP contribution is 2.18. The molecule has 0 bridgehead atoms. The molecule has 2 aliphatic heterocycles. The first-order valence-corrected chi connectivity index (χ1v) is 11.2. The lowest BCUT2D eigenvalue weighted by atomic mass is 10.0. The van der Waals surface area contributed by atoms with Crippen LogP contribution in [0.5, 0.6) is 0 Å². The smallest absolute Gasteiger partial charge is 0.216 e. The van der Waals surface area contributed by atoms with Crippen LogP contribution in [0.2, 0.25) is 0 Å². The van der Waals surface area contributed by atoms with Gasteiger partial charge in [-0.2, -0.15) is 4.31 Å². The van der Waals surface area contributed by atoms with Gasteiger partial charge in [0.2, 0.25) is 10.0 Å². The van der Waals surface area contributed by atoms with E-state index < -0.39 is 10.0 Å². The van der Waals surface area contributed by atoms with Gasteiger partial charge in [0.05, 0.1) is 18.0 Å². The minimum atomic E-state index is -3.32. The predicted octanol–water partition coefficient (Wildman–Crippen LogP) is 1.06. The SMILES string of the molecule is CN=C(NCCS(=O)(=O)N1CC(C)OC(C)C1)N1CCc2ccccc2C1. The van der Waals surface area contributed by atoms with E-state index in [9.17, 15) is 8.42 Å². The Labute approximate surface area is 162 Å². The summed E-state index contributed by atoms with van der Waals surface area (Å²) in [5, 5.41) is 3.23. The molecule has 0 aromatic heterocycles. The number of fused-ring (bicyclic) bond motifs is 1. The van der Waals surface area contributed by atoms with Crippen molar-refractivity contribution in [1.29, 1.82) is 0 Å². The predicted molar refractivity (Wildman–Crippen MR) is 107 cm³/mol. The van der Waals surface area contributed by atoms with Crippen molar-refractivity contribution in [1.82, 2.24) is 14.5 Å². The Hall–Kier alpha value is -1.64. The second kappa shape index (κ2) is 8.58. The van der Waals surface area contributed by atoms with Crippen molar-refractivity contribution in [3.8, 4) is 0 Å². The van der Waals surface area contributed by atoms with Gasteiger partial charge in [-0.15, -0.1) is 0 Å². The molecule has 0 aliphatic carbocycles. The number of nitrogens with one attached hydrogen (secondary N) is 1. The van der Waals surface area contributed by atoms with Gasteiger partial charge in [0.25, 0.3) is 0 Å². The van der Waals surface area contributed by atoms with Gasteiger partial charge in [0, 0.05) is 39.8 Å². The zero-order valence-corrected chi connectivity index (χ0v) is 17.2. The fourth-order valence-electron chi connectivity index (χ4n) is 3.79. The maximum atomic E-state index is 12.7. The molecule has 0 radical (unpaired) electrons. The number of benzene rings is 1. The van der Waals surface area contributed by atoms with Gasteiger partial charge in [-0.25, -0.2) is 8.42 Å². The van der Waals surface area contributed by atoms with Gasteiger partial charge < -0.3 is 15.0 Å². The van der Waals surface area contributed by atoms with E-state index in [2.05, 4.69) is 39.5 Å². The molecule has 0 spiro atoms. The highest BCUT2D eigenvalue weighted by molar-refractivity contribution is 7.89. The average molecular weight is 395 g/mol. The fraction of sp³-hybridized carbons (Fsp3) is 0.632. The number of sulfonamides is 1. The van der Waals surface area contributed by atoms with Gasteiger partial charge in [0.15, 0.2) is 5.96 Å². The van der Waals surface area contributed by atoms with Gasteiger partial charge in [-0.3, -0.25) is 4.99 Å². The zero-order chi connectivity index (χ0) is 19.4. The molecule has 1 saturated heterocycles. The van der Waals surface area contributed by atoms with E-state index in [0.29, 0.717) is 19.6 Å². The van der Waals surface area contributed by atoms with E-state index in [1.54, 1.807) is 11.4 Å². The molecule has 2 heterocycles. The highest BCUT2D eigenvalue weighted by atomic mass is 32.2.